The van der Waals surface area contributed by atoms with Crippen molar-refractivity contribution < 1.29 is 13.8 Å². The lowest BCUT2D eigenvalue weighted by atomic mass is 10.3. The molecule has 3 aromatic rings. The van der Waals surface area contributed by atoms with Gasteiger partial charge in [0.2, 0.25) is 0 Å². The minimum Gasteiger partial charge on any atom is -0.497 e. The van der Waals surface area contributed by atoms with Crippen LogP contribution in [0.2, 0.25) is 0 Å². The third-order valence-corrected chi connectivity index (χ3v) is 5.89. The van der Waals surface area contributed by atoms with Crippen molar-refractivity contribution in [1.29, 1.82) is 0 Å². The summed E-state index contributed by atoms with van der Waals surface area (Å²) in [5.74, 6) is 1.18. The van der Waals surface area contributed by atoms with Gasteiger partial charge in [-0.3, -0.25) is 4.57 Å². The van der Waals surface area contributed by atoms with Crippen LogP contribution in [-0.2, 0) is 4.57 Å². The van der Waals surface area contributed by atoms with Crippen LogP contribution in [0.25, 0.3) is 0 Å². The SMILES string of the molecule is COc1cccc(OP(=O)(c2ccccc2)c2ccccc2)c1. The Morgan fingerprint density at radius 1 is 0.696 bits per heavy atom. The maximum Gasteiger partial charge on any atom is 0.306 e. The number of methoxy groups -OCH3 is 1. The molecule has 3 aromatic carbocycles. The van der Waals surface area contributed by atoms with Gasteiger partial charge in [0.15, 0.2) is 0 Å². The van der Waals surface area contributed by atoms with Crippen LogP contribution < -0.4 is 19.9 Å². The lowest BCUT2D eigenvalue weighted by Crippen LogP contribution is -2.20. The van der Waals surface area contributed by atoms with Gasteiger partial charge in [-0.05, 0) is 36.4 Å². The highest BCUT2D eigenvalue weighted by atomic mass is 31.2. The summed E-state index contributed by atoms with van der Waals surface area (Å²) in [5, 5.41) is 1.32. The third-order valence-electron chi connectivity index (χ3n) is 3.47. The molecule has 4 heteroatoms. The average Bonchev–Trinajstić information content (AvgIpc) is 2.63. The number of ether oxygens (including phenoxy) is 1. The van der Waals surface area contributed by atoms with Crippen molar-refractivity contribution in [2.24, 2.45) is 0 Å². The Morgan fingerprint density at radius 3 is 1.74 bits per heavy atom. The first-order valence-corrected chi connectivity index (χ1v) is 8.90. The van der Waals surface area contributed by atoms with Gasteiger partial charge in [0, 0.05) is 6.07 Å². The molecule has 0 saturated carbocycles. The molecule has 0 aliphatic rings. The van der Waals surface area contributed by atoms with Gasteiger partial charge in [-0.2, -0.15) is 0 Å². The zero-order valence-corrected chi connectivity index (χ0v) is 13.6. The lowest BCUT2D eigenvalue weighted by Gasteiger charge is -2.20. The number of hydrogen-bond donors (Lipinski definition) is 0. The van der Waals surface area contributed by atoms with Gasteiger partial charge < -0.3 is 9.26 Å². The first-order valence-electron chi connectivity index (χ1n) is 7.27. The minimum absolute atomic E-state index is 0.514. The molecule has 3 nitrogen and oxygen atoms in total. The van der Waals surface area contributed by atoms with E-state index < -0.39 is 7.37 Å². The van der Waals surface area contributed by atoms with E-state index >= 15 is 0 Å². The summed E-state index contributed by atoms with van der Waals surface area (Å²) in [6, 6.07) is 25.7. The smallest absolute Gasteiger partial charge is 0.306 e. The van der Waals surface area contributed by atoms with Crippen LogP contribution in [0.3, 0.4) is 0 Å². The quantitative estimate of drug-likeness (QED) is 0.665. The van der Waals surface area contributed by atoms with E-state index in [1.54, 1.807) is 19.2 Å². The van der Waals surface area contributed by atoms with Gasteiger partial charge in [-0.1, -0.05) is 42.5 Å². The summed E-state index contributed by atoms with van der Waals surface area (Å²) >= 11 is 0. The molecule has 0 saturated heterocycles. The highest BCUT2D eigenvalue weighted by molar-refractivity contribution is 7.74. The number of rotatable bonds is 5. The second kappa shape index (κ2) is 6.72. The molecule has 3 rings (SSSR count). The molecule has 23 heavy (non-hydrogen) atoms. The fourth-order valence-electron chi connectivity index (χ4n) is 2.31. The molecule has 0 heterocycles. The molecular formula is C19H17O3P. The van der Waals surface area contributed by atoms with Gasteiger partial charge in [0.05, 0.1) is 17.7 Å². The Bertz CT molecular complexity index is 773. The molecule has 0 aliphatic heterocycles. The van der Waals surface area contributed by atoms with E-state index in [0.29, 0.717) is 22.1 Å². The third kappa shape index (κ3) is 3.30. The van der Waals surface area contributed by atoms with E-state index in [4.69, 9.17) is 9.26 Å². The summed E-state index contributed by atoms with van der Waals surface area (Å²) in [6.45, 7) is 0. The molecule has 0 N–H and O–H groups in total. The van der Waals surface area contributed by atoms with E-state index in [2.05, 4.69) is 0 Å². The molecule has 0 unspecified atom stereocenters. The van der Waals surface area contributed by atoms with Crippen LogP contribution in [0.1, 0.15) is 0 Å². The Balaban J connectivity index is 2.08. The lowest BCUT2D eigenvalue weighted by molar-refractivity contribution is 0.412. The first kappa shape index (κ1) is 15.4. The Kier molecular flexibility index (Phi) is 4.50. The molecule has 0 aromatic heterocycles. The van der Waals surface area contributed by atoms with E-state index in [0.717, 1.165) is 0 Å². The monoisotopic (exact) mass is 324 g/mol. The largest absolute Gasteiger partial charge is 0.497 e. The average molecular weight is 324 g/mol. The van der Waals surface area contributed by atoms with Crippen molar-refractivity contribution in [3.05, 3.63) is 84.9 Å². The fourth-order valence-corrected chi connectivity index (χ4v) is 4.36. The van der Waals surface area contributed by atoms with Crippen molar-refractivity contribution in [3.63, 3.8) is 0 Å². The molecule has 116 valence electrons. The van der Waals surface area contributed by atoms with Crippen LogP contribution in [0.5, 0.6) is 11.5 Å². The van der Waals surface area contributed by atoms with E-state index in [-0.39, 0.29) is 0 Å². The van der Waals surface area contributed by atoms with Crippen LogP contribution in [0.15, 0.2) is 84.9 Å². The normalized spacial score (nSPS) is 11.0. The maximum absolute atomic E-state index is 13.7. The minimum atomic E-state index is -3.23. The number of benzene rings is 3. The Morgan fingerprint density at radius 2 is 1.22 bits per heavy atom. The highest BCUT2D eigenvalue weighted by Crippen LogP contribution is 2.45. The summed E-state index contributed by atoms with van der Waals surface area (Å²) in [5.41, 5.74) is 0. The standard InChI is InChI=1S/C19H17O3P/c1-21-16-9-8-10-17(15-16)22-23(20,18-11-4-2-5-12-18)19-13-6-3-7-14-19/h2-15H,1H3. The van der Waals surface area contributed by atoms with E-state index in [9.17, 15) is 4.57 Å². The molecule has 0 radical (unpaired) electrons. The van der Waals surface area contributed by atoms with Gasteiger partial charge in [-0.25, -0.2) is 0 Å². The molecular weight excluding hydrogens is 307 g/mol. The molecule has 0 amide bonds. The van der Waals surface area contributed by atoms with E-state index in [1.807, 2.05) is 72.8 Å². The second-order valence-electron chi connectivity index (χ2n) is 4.99. The Hall–Kier alpha value is -2.51. The number of hydrogen-bond acceptors (Lipinski definition) is 3. The molecule has 0 aliphatic carbocycles. The second-order valence-corrected chi connectivity index (χ2v) is 7.31. The van der Waals surface area contributed by atoms with Crippen molar-refractivity contribution in [2.45, 2.75) is 0 Å². The summed E-state index contributed by atoms with van der Waals surface area (Å²) in [4.78, 5) is 0. The predicted molar refractivity (Wildman–Crippen MR) is 93.4 cm³/mol. The fraction of sp³-hybridized carbons (Fsp3) is 0.0526. The predicted octanol–water partition coefficient (Wildman–Crippen LogP) is 4.00. The van der Waals surface area contributed by atoms with Crippen molar-refractivity contribution in [2.75, 3.05) is 7.11 Å². The molecule has 0 atom stereocenters. The van der Waals surface area contributed by atoms with Crippen molar-refractivity contribution in [3.8, 4) is 11.5 Å². The van der Waals surface area contributed by atoms with Crippen LogP contribution in [0, 0.1) is 0 Å². The molecule has 0 spiro atoms. The van der Waals surface area contributed by atoms with Gasteiger partial charge in [-0.15, -0.1) is 0 Å². The first-order chi connectivity index (χ1) is 11.2. The molecule has 0 bridgehead atoms. The van der Waals surface area contributed by atoms with Gasteiger partial charge >= 0.3 is 7.37 Å². The highest BCUT2D eigenvalue weighted by Gasteiger charge is 2.29. The van der Waals surface area contributed by atoms with Crippen LogP contribution in [0.4, 0.5) is 0 Å². The van der Waals surface area contributed by atoms with Gasteiger partial charge in [0.1, 0.15) is 11.5 Å². The topological polar surface area (TPSA) is 35.5 Å². The molecule has 0 fully saturated rings. The van der Waals surface area contributed by atoms with Crippen molar-refractivity contribution >= 4 is 18.0 Å². The Labute approximate surface area is 136 Å². The van der Waals surface area contributed by atoms with E-state index in [1.165, 1.54) is 0 Å². The summed E-state index contributed by atoms with van der Waals surface area (Å²) in [7, 11) is -1.64. The summed E-state index contributed by atoms with van der Waals surface area (Å²) in [6.07, 6.45) is 0. The van der Waals surface area contributed by atoms with Crippen LogP contribution >= 0.6 is 7.37 Å². The summed E-state index contributed by atoms with van der Waals surface area (Å²) < 4.78 is 24.9. The van der Waals surface area contributed by atoms with Gasteiger partial charge in [0.25, 0.3) is 0 Å². The zero-order chi connectivity index (χ0) is 16.1. The van der Waals surface area contributed by atoms with Crippen LogP contribution in [-0.4, -0.2) is 7.11 Å². The zero-order valence-electron chi connectivity index (χ0n) is 12.8. The van der Waals surface area contributed by atoms with Crippen molar-refractivity contribution in [1.82, 2.24) is 0 Å². The maximum atomic E-state index is 13.7.